The smallest absolute Gasteiger partial charge is 0.198 e. The maximum atomic E-state index is 6.56. The minimum atomic E-state index is -0.312. The van der Waals surface area contributed by atoms with Crippen LogP contribution < -0.4 is 4.74 Å². The van der Waals surface area contributed by atoms with Crippen molar-refractivity contribution in [1.29, 1.82) is 0 Å². The number of halogens is 1. The van der Waals surface area contributed by atoms with Crippen molar-refractivity contribution in [1.82, 2.24) is 9.99 Å². The van der Waals surface area contributed by atoms with Crippen LogP contribution >= 0.6 is 11.6 Å². The summed E-state index contributed by atoms with van der Waals surface area (Å²) in [5.41, 5.74) is 3.01. The fourth-order valence-corrected chi connectivity index (χ4v) is 4.58. The van der Waals surface area contributed by atoms with Gasteiger partial charge >= 0.3 is 0 Å². The molecular weight excluding hydrogens is 334 g/mol. The lowest BCUT2D eigenvalue weighted by molar-refractivity contribution is -0.140. The predicted molar refractivity (Wildman–Crippen MR) is 97.9 cm³/mol. The fraction of sp³-hybridized carbons (Fsp3) is 0.400. The second-order valence-corrected chi connectivity index (χ2v) is 7.58. The van der Waals surface area contributed by atoms with Crippen molar-refractivity contribution >= 4 is 17.3 Å². The molecule has 1 aromatic heterocycles. The van der Waals surface area contributed by atoms with Gasteiger partial charge in [-0.15, -0.1) is 0 Å². The number of ether oxygens (including phenoxy) is 1. The largest absolute Gasteiger partial charge is 0.466 e. The van der Waals surface area contributed by atoms with Crippen molar-refractivity contribution in [3.63, 3.8) is 0 Å². The molecule has 1 saturated carbocycles. The average Bonchev–Trinajstić information content (AvgIpc) is 3.11. The van der Waals surface area contributed by atoms with Gasteiger partial charge in [-0.1, -0.05) is 24.1 Å². The summed E-state index contributed by atoms with van der Waals surface area (Å²) in [6, 6.07) is 10.2. The molecule has 3 aliphatic rings. The van der Waals surface area contributed by atoms with Gasteiger partial charge in [-0.05, 0) is 37.1 Å². The van der Waals surface area contributed by atoms with Crippen LogP contribution in [0.15, 0.2) is 47.8 Å². The van der Waals surface area contributed by atoms with Crippen LogP contribution in [-0.2, 0) is 0 Å². The van der Waals surface area contributed by atoms with Crippen LogP contribution in [0.1, 0.15) is 55.7 Å². The van der Waals surface area contributed by atoms with Gasteiger partial charge < -0.3 is 4.74 Å². The summed E-state index contributed by atoms with van der Waals surface area (Å²) in [6.45, 7) is 0. The quantitative estimate of drug-likeness (QED) is 0.728. The Labute approximate surface area is 152 Å². The molecule has 0 N–H and O–H groups in total. The van der Waals surface area contributed by atoms with Crippen LogP contribution in [0.4, 0.5) is 0 Å². The van der Waals surface area contributed by atoms with E-state index in [-0.39, 0.29) is 11.8 Å². The van der Waals surface area contributed by atoms with E-state index in [0.29, 0.717) is 0 Å². The summed E-state index contributed by atoms with van der Waals surface area (Å²) in [5, 5.41) is 8.00. The second kappa shape index (κ2) is 5.73. The molecule has 4 nitrogen and oxygen atoms in total. The average molecular weight is 354 g/mol. The lowest BCUT2D eigenvalue weighted by Crippen LogP contribution is -2.54. The second-order valence-electron chi connectivity index (χ2n) is 7.14. The number of pyridine rings is 1. The standard InChI is InChI=1S/C20H20ClN3O/c21-15-6-7-19-16(11-15)18-12-17(14-5-4-10-22-13-14)23-24(18)20(25-19)8-2-1-3-9-20/h4-7,10-11,13,18H,1-3,8-9,12H2. The maximum absolute atomic E-state index is 6.56. The van der Waals surface area contributed by atoms with Gasteiger partial charge in [0.15, 0.2) is 5.72 Å². The summed E-state index contributed by atoms with van der Waals surface area (Å²) in [5.74, 6) is 0.968. The van der Waals surface area contributed by atoms with Crippen LogP contribution in [0.2, 0.25) is 5.02 Å². The molecule has 25 heavy (non-hydrogen) atoms. The Hall–Kier alpha value is -2.07. The lowest BCUT2D eigenvalue weighted by Gasteiger charge is -2.49. The molecule has 1 aromatic carbocycles. The molecule has 3 heterocycles. The van der Waals surface area contributed by atoms with Gasteiger partial charge in [0.25, 0.3) is 0 Å². The van der Waals surface area contributed by atoms with Crippen molar-refractivity contribution in [3.05, 3.63) is 58.9 Å². The van der Waals surface area contributed by atoms with Gasteiger partial charge in [0.2, 0.25) is 0 Å². The summed E-state index contributed by atoms with van der Waals surface area (Å²) in [6.07, 6.45) is 10.2. The van der Waals surface area contributed by atoms with E-state index in [0.717, 1.165) is 46.9 Å². The first kappa shape index (κ1) is 15.2. The van der Waals surface area contributed by atoms with Gasteiger partial charge in [0.05, 0.1) is 11.8 Å². The summed E-state index contributed by atoms with van der Waals surface area (Å²) in [4.78, 5) is 4.26. The van der Waals surface area contributed by atoms with E-state index in [2.05, 4.69) is 16.1 Å². The molecule has 2 aromatic rings. The van der Waals surface area contributed by atoms with Crippen LogP contribution in [-0.4, -0.2) is 21.4 Å². The molecule has 0 bridgehead atoms. The Kier molecular flexibility index (Phi) is 3.49. The molecule has 1 unspecified atom stereocenters. The first-order valence-corrected chi connectivity index (χ1v) is 9.39. The van der Waals surface area contributed by atoms with Crippen LogP contribution in [0.5, 0.6) is 5.75 Å². The van der Waals surface area contributed by atoms with Crippen LogP contribution in [0.3, 0.4) is 0 Å². The van der Waals surface area contributed by atoms with Crippen molar-refractivity contribution in [2.75, 3.05) is 0 Å². The summed E-state index contributed by atoms with van der Waals surface area (Å²) >= 11 is 6.28. The molecular formula is C20H20ClN3O. The van der Waals surface area contributed by atoms with E-state index in [1.165, 1.54) is 19.3 Å². The third-order valence-electron chi connectivity index (χ3n) is 5.59. The van der Waals surface area contributed by atoms with E-state index in [4.69, 9.17) is 21.4 Å². The molecule has 1 atom stereocenters. The van der Waals surface area contributed by atoms with Crippen molar-refractivity contribution in [2.45, 2.75) is 50.3 Å². The Morgan fingerprint density at radius 2 is 2.04 bits per heavy atom. The minimum Gasteiger partial charge on any atom is -0.466 e. The van der Waals surface area contributed by atoms with E-state index >= 15 is 0 Å². The number of hydrogen-bond donors (Lipinski definition) is 0. The zero-order chi connectivity index (χ0) is 16.9. The molecule has 128 valence electrons. The molecule has 1 fully saturated rings. The molecule has 0 saturated heterocycles. The Morgan fingerprint density at radius 1 is 1.16 bits per heavy atom. The number of hydrogen-bond acceptors (Lipinski definition) is 4. The van der Waals surface area contributed by atoms with Crippen molar-refractivity contribution < 1.29 is 4.74 Å². The zero-order valence-electron chi connectivity index (χ0n) is 14.0. The molecule has 0 radical (unpaired) electrons. The molecule has 5 heteroatoms. The predicted octanol–water partition coefficient (Wildman–Crippen LogP) is 4.94. The van der Waals surface area contributed by atoms with Gasteiger partial charge in [-0.25, -0.2) is 5.01 Å². The van der Waals surface area contributed by atoms with Gasteiger partial charge in [-0.3, -0.25) is 4.98 Å². The van der Waals surface area contributed by atoms with Gasteiger partial charge in [0, 0.05) is 47.8 Å². The third-order valence-corrected chi connectivity index (χ3v) is 5.82. The third kappa shape index (κ3) is 2.43. The normalized spacial score (nSPS) is 23.6. The number of aromatic nitrogens is 1. The molecule has 1 aliphatic carbocycles. The molecule has 2 aliphatic heterocycles. The first-order chi connectivity index (χ1) is 12.3. The highest BCUT2D eigenvalue weighted by molar-refractivity contribution is 6.30. The van der Waals surface area contributed by atoms with Gasteiger partial charge in [0.1, 0.15) is 5.75 Å². The fourth-order valence-electron chi connectivity index (χ4n) is 4.40. The lowest BCUT2D eigenvalue weighted by atomic mass is 9.86. The Bertz CT molecular complexity index is 830. The van der Waals surface area contributed by atoms with E-state index in [1.54, 1.807) is 6.20 Å². The van der Waals surface area contributed by atoms with Crippen molar-refractivity contribution in [3.8, 4) is 5.75 Å². The number of nitrogens with zero attached hydrogens (tertiary/aromatic N) is 3. The molecule has 0 amide bonds. The topological polar surface area (TPSA) is 37.7 Å². The van der Waals surface area contributed by atoms with Crippen LogP contribution in [0, 0.1) is 0 Å². The highest BCUT2D eigenvalue weighted by atomic mass is 35.5. The summed E-state index contributed by atoms with van der Waals surface area (Å²) in [7, 11) is 0. The van der Waals surface area contributed by atoms with E-state index in [1.807, 2.05) is 30.5 Å². The zero-order valence-corrected chi connectivity index (χ0v) is 14.7. The first-order valence-electron chi connectivity index (χ1n) is 9.01. The number of hydrazone groups is 1. The highest BCUT2D eigenvalue weighted by Gasteiger charge is 2.50. The van der Waals surface area contributed by atoms with Crippen molar-refractivity contribution in [2.24, 2.45) is 5.10 Å². The number of benzene rings is 1. The molecule has 5 rings (SSSR count). The van der Waals surface area contributed by atoms with E-state index in [9.17, 15) is 0 Å². The maximum Gasteiger partial charge on any atom is 0.198 e. The Balaban J connectivity index is 1.61. The molecule has 1 spiro atoms. The Morgan fingerprint density at radius 3 is 2.84 bits per heavy atom. The monoisotopic (exact) mass is 353 g/mol. The van der Waals surface area contributed by atoms with Crippen LogP contribution in [0.25, 0.3) is 0 Å². The minimum absolute atomic E-state index is 0.191. The van der Waals surface area contributed by atoms with Gasteiger partial charge in [-0.2, -0.15) is 5.10 Å². The summed E-state index contributed by atoms with van der Waals surface area (Å²) < 4.78 is 6.56. The SMILES string of the molecule is Clc1ccc2c(c1)C1CC(c3cccnc3)=NN1C1(CCCCC1)O2. The van der Waals surface area contributed by atoms with E-state index < -0.39 is 0 Å². The number of fused-ring (bicyclic) bond motifs is 4. The highest BCUT2D eigenvalue weighted by Crippen LogP contribution is 2.51. The number of rotatable bonds is 1.